The minimum atomic E-state index is -0.950. The van der Waals surface area contributed by atoms with Crippen LogP contribution < -0.4 is 0 Å². The number of benzene rings is 2. The molecule has 1 nitrogen and oxygen atoms in total. The third-order valence-corrected chi connectivity index (χ3v) is 2.51. The molecule has 2 aromatic rings. The molecule has 0 fully saturated rings. The van der Waals surface area contributed by atoms with E-state index < -0.39 is 23.3 Å². The van der Waals surface area contributed by atoms with Crippen LogP contribution in [0.5, 0.6) is 0 Å². The summed E-state index contributed by atoms with van der Waals surface area (Å²) in [7, 11) is 0. The van der Waals surface area contributed by atoms with E-state index in [1.165, 1.54) is 12.1 Å². The minimum Gasteiger partial charge on any atom is -0.372 e. The number of halogens is 4. The number of ether oxygens (including phenoxy) is 1. The Morgan fingerprint density at radius 1 is 0.632 bits per heavy atom. The summed E-state index contributed by atoms with van der Waals surface area (Å²) in [6, 6.07) is 6.85. The summed E-state index contributed by atoms with van der Waals surface area (Å²) >= 11 is 0. The molecule has 0 unspecified atom stereocenters. The van der Waals surface area contributed by atoms with Crippen molar-refractivity contribution in [2.75, 3.05) is 0 Å². The maximum atomic E-state index is 12.9. The molecule has 0 aliphatic heterocycles. The topological polar surface area (TPSA) is 9.23 Å². The van der Waals surface area contributed by atoms with E-state index in [0.717, 1.165) is 24.3 Å². The Hall–Kier alpha value is -1.88. The van der Waals surface area contributed by atoms with E-state index in [4.69, 9.17) is 4.74 Å². The normalized spacial score (nSPS) is 10.7. The maximum Gasteiger partial charge on any atom is 0.159 e. The van der Waals surface area contributed by atoms with Gasteiger partial charge < -0.3 is 4.74 Å². The average Bonchev–Trinajstić information content (AvgIpc) is 2.38. The van der Waals surface area contributed by atoms with E-state index in [-0.39, 0.29) is 13.2 Å². The van der Waals surface area contributed by atoms with Crippen LogP contribution in [0.2, 0.25) is 0 Å². The van der Waals surface area contributed by atoms with Crippen molar-refractivity contribution in [3.8, 4) is 0 Å². The molecule has 0 saturated carbocycles. The Kier molecular flexibility index (Phi) is 4.16. The molecule has 100 valence electrons. The Balaban J connectivity index is 1.92. The van der Waals surface area contributed by atoms with Crippen LogP contribution in [0.4, 0.5) is 17.6 Å². The summed E-state index contributed by atoms with van der Waals surface area (Å²) < 4.78 is 56.4. The molecule has 19 heavy (non-hydrogen) atoms. The molecular formula is C14H10F4O. The van der Waals surface area contributed by atoms with Crippen LogP contribution in [0.25, 0.3) is 0 Å². The fourth-order valence-corrected chi connectivity index (χ4v) is 1.55. The van der Waals surface area contributed by atoms with Crippen LogP contribution in [0, 0.1) is 23.3 Å². The van der Waals surface area contributed by atoms with Gasteiger partial charge in [-0.2, -0.15) is 0 Å². The zero-order valence-corrected chi connectivity index (χ0v) is 9.80. The van der Waals surface area contributed by atoms with Crippen molar-refractivity contribution < 1.29 is 22.3 Å². The van der Waals surface area contributed by atoms with E-state index in [1.54, 1.807) is 0 Å². The molecule has 0 radical (unpaired) electrons. The second-order valence-electron chi connectivity index (χ2n) is 3.99. The highest BCUT2D eigenvalue weighted by Gasteiger charge is 2.04. The van der Waals surface area contributed by atoms with E-state index >= 15 is 0 Å². The maximum absolute atomic E-state index is 12.9. The van der Waals surface area contributed by atoms with E-state index in [0.29, 0.717) is 11.1 Å². The second-order valence-corrected chi connectivity index (χ2v) is 3.99. The SMILES string of the molecule is Fc1ccc(COCc2ccc(F)c(F)c2)cc1F. The standard InChI is InChI=1S/C14H10F4O/c15-11-3-1-9(5-13(11)17)7-19-8-10-2-4-12(16)14(18)6-10/h1-6H,7-8H2. The molecule has 2 rings (SSSR count). The van der Waals surface area contributed by atoms with Crippen molar-refractivity contribution in [3.05, 3.63) is 70.8 Å². The molecule has 2 aromatic carbocycles. The Morgan fingerprint density at radius 2 is 1.05 bits per heavy atom. The lowest BCUT2D eigenvalue weighted by molar-refractivity contribution is 0.106. The average molecular weight is 270 g/mol. The quantitative estimate of drug-likeness (QED) is 0.764. The van der Waals surface area contributed by atoms with Crippen LogP contribution in [0.15, 0.2) is 36.4 Å². The molecule has 0 heterocycles. The lowest BCUT2D eigenvalue weighted by Gasteiger charge is -2.05. The van der Waals surface area contributed by atoms with Crippen molar-refractivity contribution >= 4 is 0 Å². The zero-order chi connectivity index (χ0) is 13.8. The molecule has 0 amide bonds. The van der Waals surface area contributed by atoms with E-state index in [2.05, 4.69) is 0 Å². The van der Waals surface area contributed by atoms with Crippen LogP contribution >= 0.6 is 0 Å². The fourth-order valence-electron chi connectivity index (χ4n) is 1.55. The van der Waals surface area contributed by atoms with Crippen molar-refractivity contribution in [3.63, 3.8) is 0 Å². The fraction of sp³-hybridized carbons (Fsp3) is 0.143. The van der Waals surface area contributed by atoms with Gasteiger partial charge in [0.2, 0.25) is 0 Å². The monoisotopic (exact) mass is 270 g/mol. The van der Waals surface area contributed by atoms with Gasteiger partial charge in [-0.05, 0) is 35.4 Å². The molecule has 0 spiro atoms. The smallest absolute Gasteiger partial charge is 0.159 e. The summed E-state index contributed by atoms with van der Waals surface area (Å²) in [5.74, 6) is -3.75. The van der Waals surface area contributed by atoms with E-state index in [1.807, 2.05) is 0 Å². The molecule has 0 saturated heterocycles. The van der Waals surface area contributed by atoms with Gasteiger partial charge in [-0.3, -0.25) is 0 Å². The number of hydrogen-bond donors (Lipinski definition) is 0. The lowest BCUT2D eigenvalue weighted by atomic mass is 10.2. The van der Waals surface area contributed by atoms with Crippen LogP contribution in [0.1, 0.15) is 11.1 Å². The summed E-state index contributed by atoms with van der Waals surface area (Å²) in [6.45, 7) is 0.104. The van der Waals surface area contributed by atoms with Crippen molar-refractivity contribution in [2.24, 2.45) is 0 Å². The molecular weight excluding hydrogens is 260 g/mol. The highest BCUT2D eigenvalue weighted by Crippen LogP contribution is 2.12. The zero-order valence-electron chi connectivity index (χ0n) is 9.80. The Labute approximate surface area is 107 Å². The predicted octanol–water partition coefficient (Wildman–Crippen LogP) is 3.96. The van der Waals surface area contributed by atoms with E-state index in [9.17, 15) is 17.6 Å². The van der Waals surface area contributed by atoms with Crippen molar-refractivity contribution in [2.45, 2.75) is 13.2 Å². The summed E-state index contributed by atoms with van der Waals surface area (Å²) in [5, 5.41) is 0. The van der Waals surface area contributed by atoms with Gasteiger partial charge in [-0.25, -0.2) is 17.6 Å². The first-order valence-electron chi connectivity index (χ1n) is 5.52. The highest BCUT2D eigenvalue weighted by molar-refractivity contribution is 5.18. The lowest BCUT2D eigenvalue weighted by Crippen LogP contribution is -1.97. The number of rotatable bonds is 4. The second kappa shape index (κ2) is 5.84. The van der Waals surface area contributed by atoms with Gasteiger partial charge in [0, 0.05) is 0 Å². The molecule has 0 atom stereocenters. The van der Waals surface area contributed by atoms with Gasteiger partial charge >= 0.3 is 0 Å². The summed E-state index contributed by atoms with van der Waals surface area (Å²) in [4.78, 5) is 0. The van der Waals surface area contributed by atoms with Gasteiger partial charge in [0.1, 0.15) is 0 Å². The summed E-state index contributed by atoms with van der Waals surface area (Å²) in [6.07, 6.45) is 0. The largest absolute Gasteiger partial charge is 0.372 e. The van der Waals surface area contributed by atoms with Gasteiger partial charge in [0.25, 0.3) is 0 Å². The van der Waals surface area contributed by atoms with Crippen molar-refractivity contribution in [1.29, 1.82) is 0 Å². The molecule has 0 aromatic heterocycles. The molecule has 0 aliphatic rings. The third-order valence-electron chi connectivity index (χ3n) is 2.51. The first kappa shape index (κ1) is 13.5. The predicted molar refractivity (Wildman–Crippen MR) is 61.2 cm³/mol. The molecule has 0 aliphatic carbocycles. The van der Waals surface area contributed by atoms with Crippen LogP contribution in [0.3, 0.4) is 0 Å². The first-order valence-corrected chi connectivity index (χ1v) is 5.52. The Morgan fingerprint density at radius 3 is 1.42 bits per heavy atom. The number of hydrogen-bond acceptors (Lipinski definition) is 1. The Bertz CT molecular complexity index is 532. The van der Waals surface area contributed by atoms with Crippen LogP contribution in [-0.2, 0) is 18.0 Å². The van der Waals surface area contributed by atoms with Crippen LogP contribution in [-0.4, -0.2) is 0 Å². The van der Waals surface area contributed by atoms with Gasteiger partial charge in [-0.1, -0.05) is 12.1 Å². The third kappa shape index (κ3) is 3.54. The van der Waals surface area contributed by atoms with Crippen molar-refractivity contribution in [1.82, 2.24) is 0 Å². The van der Waals surface area contributed by atoms with Gasteiger partial charge in [-0.15, -0.1) is 0 Å². The minimum absolute atomic E-state index is 0.0518. The molecule has 0 N–H and O–H groups in total. The van der Waals surface area contributed by atoms with Gasteiger partial charge in [0.15, 0.2) is 23.3 Å². The first-order chi connectivity index (χ1) is 9.06. The summed E-state index contributed by atoms with van der Waals surface area (Å²) in [5.41, 5.74) is 0.919. The van der Waals surface area contributed by atoms with Gasteiger partial charge in [0.05, 0.1) is 13.2 Å². The molecule has 0 bridgehead atoms. The molecule has 5 heteroatoms. The highest BCUT2D eigenvalue weighted by atomic mass is 19.2.